The molecule has 0 bridgehead atoms. The lowest BCUT2D eigenvalue weighted by atomic mass is 10.0. The molecule has 122 valence electrons. The van der Waals surface area contributed by atoms with Crippen LogP contribution in [-0.4, -0.2) is 41.0 Å². The number of aliphatic hydroxyl groups is 1. The maximum Gasteiger partial charge on any atom is 0.242 e. The normalized spacial score (nSPS) is 20.7. The van der Waals surface area contributed by atoms with Gasteiger partial charge in [0, 0.05) is 17.8 Å². The van der Waals surface area contributed by atoms with Gasteiger partial charge >= 0.3 is 0 Å². The number of likely N-dealkylation sites (tertiary alicyclic amines) is 1. The van der Waals surface area contributed by atoms with Crippen LogP contribution in [0.4, 0.5) is 0 Å². The number of hydrogen-bond donors (Lipinski definition) is 2. The SMILES string of the molecule is CCCC(=O)N1CCC[C@H]1C(=O)NC[C@](C)(O)c1cccs1. The third kappa shape index (κ3) is 3.87. The predicted octanol–water partition coefficient (Wildman–Crippen LogP) is 1.86. The zero-order valence-electron chi connectivity index (χ0n) is 13.2. The molecule has 0 aromatic carbocycles. The highest BCUT2D eigenvalue weighted by Gasteiger charge is 2.34. The van der Waals surface area contributed by atoms with Crippen molar-refractivity contribution in [3.63, 3.8) is 0 Å². The van der Waals surface area contributed by atoms with Crippen LogP contribution in [0.15, 0.2) is 17.5 Å². The summed E-state index contributed by atoms with van der Waals surface area (Å²) in [6, 6.07) is 3.33. The number of thiophene rings is 1. The minimum absolute atomic E-state index is 0.0465. The molecule has 5 nitrogen and oxygen atoms in total. The number of rotatable bonds is 6. The number of carbonyl (C=O) groups excluding carboxylic acids is 2. The van der Waals surface area contributed by atoms with Gasteiger partial charge in [-0.05, 0) is 37.6 Å². The highest BCUT2D eigenvalue weighted by Crippen LogP contribution is 2.25. The Morgan fingerprint density at radius 1 is 1.55 bits per heavy atom. The Morgan fingerprint density at radius 3 is 2.95 bits per heavy atom. The zero-order valence-corrected chi connectivity index (χ0v) is 14.0. The van der Waals surface area contributed by atoms with E-state index in [1.807, 2.05) is 24.4 Å². The molecule has 1 saturated heterocycles. The van der Waals surface area contributed by atoms with Crippen LogP contribution in [0.5, 0.6) is 0 Å². The molecule has 2 heterocycles. The quantitative estimate of drug-likeness (QED) is 0.839. The number of nitrogens with one attached hydrogen (secondary N) is 1. The van der Waals surface area contributed by atoms with E-state index in [1.54, 1.807) is 11.8 Å². The maximum atomic E-state index is 12.4. The van der Waals surface area contributed by atoms with Crippen molar-refractivity contribution in [1.29, 1.82) is 0 Å². The molecule has 0 saturated carbocycles. The highest BCUT2D eigenvalue weighted by atomic mass is 32.1. The number of carbonyl (C=O) groups is 2. The van der Waals surface area contributed by atoms with Crippen LogP contribution < -0.4 is 5.32 Å². The molecule has 1 aliphatic heterocycles. The molecule has 2 atom stereocenters. The van der Waals surface area contributed by atoms with Gasteiger partial charge in [0.1, 0.15) is 11.6 Å². The van der Waals surface area contributed by atoms with Crippen LogP contribution >= 0.6 is 11.3 Å². The first-order chi connectivity index (χ1) is 10.5. The minimum atomic E-state index is -1.08. The van der Waals surface area contributed by atoms with E-state index in [-0.39, 0.29) is 18.4 Å². The van der Waals surface area contributed by atoms with E-state index in [9.17, 15) is 14.7 Å². The van der Waals surface area contributed by atoms with E-state index >= 15 is 0 Å². The first-order valence-corrected chi connectivity index (χ1v) is 8.67. The summed E-state index contributed by atoms with van der Waals surface area (Å²) >= 11 is 1.46. The van der Waals surface area contributed by atoms with Crippen molar-refractivity contribution in [2.75, 3.05) is 13.1 Å². The lowest BCUT2D eigenvalue weighted by Gasteiger charge is -2.27. The van der Waals surface area contributed by atoms with Crippen molar-refractivity contribution in [2.24, 2.45) is 0 Å². The van der Waals surface area contributed by atoms with Crippen molar-refractivity contribution >= 4 is 23.2 Å². The predicted molar refractivity (Wildman–Crippen MR) is 86.5 cm³/mol. The molecule has 1 aromatic rings. The Hall–Kier alpha value is -1.40. The molecule has 2 amide bonds. The molecule has 0 unspecified atom stereocenters. The van der Waals surface area contributed by atoms with Crippen LogP contribution in [0.1, 0.15) is 44.4 Å². The Morgan fingerprint density at radius 2 is 2.32 bits per heavy atom. The molecule has 6 heteroatoms. The van der Waals surface area contributed by atoms with E-state index < -0.39 is 11.6 Å². The fraction of sp³-hybridized carbons (Fsp3) is 0.625. The first kappa shape index (κ1) is 17.0. The summed E-state index contributed by atoms with van der Waals surface area (Å²) in [5.41, 5.74) is -1.08. The summed E-state index contributed by atoms with van der Waals surface area (Å²) in [5, 5.41) is 15.1. The van der Waals surface area contributed by atoms with Crippen molar-refractivity contribution in [3.05, 3.63) is 22.4 Å². The minimum Gasteiger partial charge on any atom is -0.383 e. The van der Waals surface area contributed by atoms with Crippen molar-refractivity contribution in [1.82, 2.24) is 10.2 Å². The first-order valence-electron chi connectivity index (χ1n) is 7.79. The topological polar surface area (TPSA) is 69.6 Å². The second-order valence-corrected chi connectivity index (χ2v) is 6.91. The van der Waals surface area contributed by atoms with Gasteiger partial charge in [0.05, 0.1) is 6.54 Å². The van der Waals surface area contributed by atoms with E-state index in [0.29, 0.717) is 19.4 Å². The summed E-state index contributed by atoms with van der Waals surface area (Å²) in [7, 11) is 0. The Bertz CT molecular complexity index is 513. The van der Waals surface area contributed by atoms with Crippen LogP contribution in [0.3, 0.4) is 0 Å². The molecule has 0 spiro atoms. The fourth-order valence-corrected chi connectivity index (χ4v) is 3.53. The Kier molecular flexibility index (Phi) is 5.58. The average molecular weight is 324 g/mol. The molecule has 1 fully saturated rings. The standard InChI is InChI=1S/C16H24N2O3S/c1-3-6-14(19)18-9-4-7-12(18)15(20)17-11-16(2,21)13-8-5-10-22-13/h5,8,10,12,21H,3-4,6-7,9,11H2,1-2H3,(H,17,20)/t12-,16-/m0/s1. The summed E-state index contributed by atoms with van der Waals surface area (Å²) in [6.45, 7) is 4.45. The molecule has 1 aliphatic rings. The molecular formula is C16H24N2O3S. The van der Waals surface area contributed by atoms with Crippen molar-refractivity contribution in [3.8, 4) is 0 Å². The number of hydrogen-bond acceptors (Lipinski definition) is 4. The molecule has 0 aliphatic carbocycles. The summed E-state index contributed by atoms with van der Waals surface area (Å²) < 4.78 is 0. The van der Waals surface area contributed by atoms with Crippen LogP contribution in [-0.2, 0) is 15.2 Å². The Balaban J connectivity index is 1.93. The Labute approximate surface area is 135 Å². The third-order valence-electron chi connectivity index (χ3n) is 4.00. The molecule has 2 N–H and O–H groups in total. The maximum absolute atomic E-state index is 12.4. The van der Waals surface area contributed by atoms with Crippen LogP contribution in [0, 0.1) is 0 Å². The summed E-state index contributed by atoms with van der Waals surface area (Å²) in [5.74, 6) is -0.121. The second-order valence-electron chi connectivity index (χ2n) is 5.96. The largest absolute Gasteiger partial charge is 0.383 e. The molecule has 2 rings (SSSR count). The summed E-state index contributed by atoms with van der Waals surface area (Å²) in [6.07, 6.45) is 2.82. The highest BCUT2D eigenvalue weighted by molar-refractivity contribution is 7.10. The van der Waals surface area contributed by atoms with Crippen LogP contribution in [0.25, 0.3) is 0 Å². The fourth-order valence-electron chi connectivity index (χ4n) is 2.74. The van der Waals surface area contributed by atoms with E-state index in [4.69, 9.17) is 0 Å². The van der Waals surface area contributed by atoms with Gasteiger partial charge in [0.2, 0.25) is 11.8 Å². The van der Waals surface area contributed by atoms with Gasteiger partial charge in [0.15, 0.2) is 0 Å². The van der Waals surface area contributed by atoms with Gasteiger partial charge in [-0.2, -0.15) is 0 Å². The molecule has 22 heavy (non-hydrogen) atoms. The third-order valence-corrected chi connectivity index (χ3v) is 5.12. The molecular weight excluding hydrogens is 300 g/mol. The van der Waals surface area contributed by atoms with Gasteiger partial charge < -0.3 is 15.3 Å². The zero-order chi connectivity index (χ0) is 16.2. The van der Waals surface area contributed by atoms with Gasteiger partial charge in [-0.1, -0.05) is 13.0 Å². The molecule has 1 aromatic heterocycles. The van der Waals surface area contributed by atoms with E-state index in [1.165, 1.54) is 11.3 Å². The number of nitrogens with zero attached hydrogens (tertiary/aromatic N) is 1. The van der Waals surface area contributed by atoms with Gasteiger partial charge in [-0.25, -0.2) is 0 Å². The smallest absolute Gasteiger partial charge is 0.242 e. The monoisotopic (exact) mass is 324 g/mol. The van der Waals surface area contributed by atoms with Gasteiger partial charge in [-0.3, -0.25) is 9.59 Å². The number of amides is 2. The van der Waals surface area contributed by atoms with Crippen molar-refractivity contribution in [2.45, 2.75) is 51.2 Å². The molecule has 0 radical (unpaired) electrons. The average Bonchev–Trinajstić information content (AvgIpc) is 3.15. The van der Waals surface area contributed by atoms with Gasteiger partial charge in [0.25, 0.3) is 0 Å². The van der Waals surface area contributed by atoms with E-state index in [2.05, 4.69) is 5.32 Å². The lowest BCUT2D eigenvalue weighted by molar-refractivity contribution is -0.138. The van der Waals surface area contributed by atoms with Crippen molar-refractivity contribution < 1.29 is 14.7 Å². The van der Waals surface area contributed by atoms with Crippen LogP contribution in [0.2, 0.25) is 0 Å². The van der Waals surface area contributed by atoms with E-state index in [0.717, 1.165) is 17.7 Å². The second kappa shape index (κ2) is 7.24. The lowest BCUT2D eigenvalue weighted by Crippen LogP contribution is -2.48. The summed E-state index contributed by atoms with van der Waals surface area (Å²) in [4.78, 5) is 26.9. The van der Waals surface area contributed by atoms with Gasteiger partial charge in [-0.15, -0.1) is 11.3 Å².